The Labute approximate surface area is 82.4 Å². The van der Waals surface area contributed by atoms with Crippen molar-refractivity contribution in [1.29, 1.82) is 0 Å². The Morgan fingerprint density at radius 3 is 2.71 bits per heavy atom. The Kier molecular flexibility index (Phi) is 4.14. The SMILES string of the molecule is O=C(O)CN=C/C=C\c1ccccc1. The van der Waals surface area contributed by atoms with E-state index in [1.807, 2.05) is 36.4 Å². The first-order chi connectivity index (χ1) is 6.79. The fourth-order valence-electron chi connectivity index (χ4n) is 0.910. The topological polar surface area (TPSA) is 49.7 Å². The van der Waals surface area contributed by atoms with Gasteiger partial charge in [-0.3, -0.25) is 9.79 Å². The second-order valence-corrected chi connectivity index (χ2v) is 2.65. The molecule has 0 aliphatic rings. The highest BCUT2D eigenvalue weighted by Gasteiger charge is 1.87. The molecule has 0 aliphatic heterocycles. The fraction of sp³-hybridized carbons (Fsp3) is 0.0909. The van der Waals surface area contributed by atoms with Crippen molar-refractivity contribution in [3.8, 4) is 0 Å². The van der Waals surface area contributed by atoms with E-state index in [1.165, 1.54) is 6.21 Å². The maximum Gasteiger partial charge on any atom is 0.325 e. The van der Waals surface area contributed by atoms with Gasteiger partial charge in [0.2, 0.25) is 0 Å². The van der Waals surface area contributed by atoms with Gasteiger partial charge in [0.15, 0.2) is 0 Å². The zero-order chi connectivity index (χ0) is 10.2. The molecule has 0 fully saturated rings. The Morgan fingerprint density at radius 2 is 2.07 bits per heavy atom. The van der Waals surface area contributed by atoms with Gasteiger partial charge in [0, 0.05) is 6.21 Å². The van der Waals surface area contributed by atoms with Crippen molar-refractivity contribution in [2.45, 2.75) is 0 Å². The highest BCUT2D eigenvalue weighted by molar-refractivity contribution is 5.80. The molecule has 0 heterocycles. The van der Waals surface area contributed by atoms with Crippen molar-refractivity contribution < 1.29 is 9.90 Å². The Balaban J connectivity index is 2.42. The van der Waals surface area contributed by atoms with Gasteiger partial charge in [0.05, 0.1) is 0 Å². The number of allylic oxidation sites excluding steroid dienone is 1. The van der Waals surface area contributed by atoms with Crippen LogP contribution in [0.3, 0.4) is 0 Å². The lowest BCUT2D eigenvalue weighted by atomic mass is 10.2. The number of aliphatic carboxylic acids is 1. The molecule has 1 aromatic rings. The summed E-state index contributed by atoms with van der Waals surface area (Å²) >= 11 is 0. The molecule has 3 heteroatoms. The summed E-state index contributed by atoms with van der Waals surface area (Å²) in [5.74, 6) is -0.922. The van der Waals surface area contributed by atoms with Crippen LogP contribution in [-0.2, 0) is 4.79 Å². The van der Waals surface area contributed by atoms with Crippen LogP contribution < -0.4 is 0 Å². The number of benzene rings is 1. The summed E-state index contributed by atoms with van der Waals surface area (Å²) in [6.07, 6.45) is 5.07. The summed E-state index contributed by atoms with van der Waals surface area (Å²) < 4.78 is 0. The molecular weight excluding hydrogens is 178 g/mol. The second-order valence-electron chi connectivity index (χ2n) is 2.65. The molecule has 0 unspecified atom stereocenters. The normalized spacial score (nSPS) is 11.1. The number of nitrogens with zero attached hydrogens (tertiary/aromatic N) is 1. The quantitative estimate of drug-likeness (QED) is 0.735. The molecule has 0 aromatic heterocycles. The lowest BCUT2D eigenvalue weighted by molar-refractivity contribution is -0.135. The van der Waals surface area contributed by atoms with E-state index in [0.29, 0.717) is 0 Å². The number of hydrogen-bond acceptors (Lipinski definition) is 2. The van der Waals surface area contributed by atoms with Gasteiger partial charge in [0.1, 0.15) is 6.54 Å². The molecule has 0 saturated heterocycles. The summed E-state index contributed by atoms with van der Waals surface area (Å²) in [5.41, 5.74) is 1.06. The van der Waals surface area contributed by atoms with Crippen molar-refractivity contribution in [3.05, 3.63) is 42.0 Å². The van der Waals surface area contributed by atoms with Crippen molar-refractivity contribution in [2.75, 3.05) is 6.54 Å². The molecule has 1 rings (SSSR count). The summed E-state index contributed by atoms with van der Waals surface area (Å²) in [4.78, 5) is 13.8. The molecule has 3 nitrogen and oxygen atoms in total. The van der Waals surface area contributed by atoms with Crippen LogP contribution in [0.5, 0.6) is 0 Å². The minimum absolute atomic E-state index is 0.181. The van der Waals surface area contributed by atoms with Gasteiger partial charge in [-0.25, -0.2) is 0 Å². The summed E-state index contributed by atoms with van der Waals surface area (Å²) in [6.45, 7) is -0.181. The first-order valence-corrected chi connectivity index (χ1v) is 4.22. The molecule has 0 radical (unpaired) electrons. The lowest BCUT2D eigenvalue weighted by Crippen LogP contribution is -1.98. The maximum atomic E-state index is 10.1. The smallest absolute Gasteiger partial charge is 0.325 e. The van der Waals surface area contributed by atoms with Crippen LogP contribution in [0.1, 0.15) is 5.56 Å². The number of aliphatic imine (C=N–C) groups is 1. The molecule has 0 bridgehead atoms. The molecule has 1 aromatic carbocycles. The van der Waals surface area contributed by atoms with Gasteiger partial charge in [0.25, 0.3) is 0 Å². The van der Waals surface area contributed by atoms with Crippen molar-refractivity contribution in [3.63, 3.8) is 0 Å². The van der Waals surface area contributed by atoms with Gasteiger partial charge in [-0.2, -0.15) is 0 Å². The van der Waals surface area contributed by atoms with E-state index in [-0.39, 0.29) is 6.54 Å². The third-order valence-electron chi connectivity index (χ3n) is 1.51. The monoisotopic (exact) mass is 189 g/mol. The van der Waals surface area contributed by atoms with Crippen LogP contribution in [0.25, 0.3) is 6.08 Å². The molecule has 72 valence electrons. The minimum atomic E-state index is -0.922. The summed E-state index contributed by atoms with van der Waals surface area (Å²) in [7, 11) is 0. The Morgan fingerprint density at radius 1 is 1.36 bits per heavy atom. The average Bonchev–Trinajstić information content (AvgIpc) is 2.18. The molecule has 14 heavy (non-hydrogen) atoms. The Bertz CT molecular complexity index is 342. The van der Waals surface area contributed by atoms with Crippen LogP contribution in [-0.4, -0.2) is 23.8 Å². The molecule has 0 aliphatic carbocycles. The van der Waals surface area contributed by atoms with Crippen LogP contribution in [0.15, 0.2) is 41.4 Å². The lowest BCUT2D eigenvalue weighted by Gasteiger charge is -1.88. The highest BCUT2D eigenvalue weighted by atomic mass is 16.4. The number of carboxylic acid groups (broad SMARTS) is 1. The predicted octanol–water partition coefficient (Wildman–Crippen LogP) is 1.86. The molecule has 0 atom stereocenters. The highest BCUT2D eigenvalue weighted by Crippen LogP contribution is 1.99. The van der Waals surface area contributed by atoms with Crippen LogP contribution in [0, 0.1) is 0 Å². The van der Waals surface area contributed by atoms with E-state index in [0.717, 1.165) is 5.56 Å². The van der Waals surface area contributed by atoms with Crippen LogP contribution in [0.4, 0.5) is 0 Å². The van der Waals surface area contributed by atoms with Gasteiger partial charge in [-0.15, -0.1) is 0 Å². The fourth-order valence-corrected chi connectivity index (χ4v) is 0.910. The molecule has 0 amide bonds. The average molecular weight is 189 g/mol. The third kappa shape index (κ3) is 4.21. The molecular formula is C11H11NO2. The van der Waals surface area contributed by atoms with E-state index in [9.17, 15) is 4.79 Å². The standard InChI is InChI=1S/C11H11NO2/c13-11(14)9-12-8-4-7-10-5-2-1-3-6-10/h1-8H,9H2,(H,13,14)/b7-4-,12-8?. The van der Waals surface area contributed by atoms with Gasteiger partial charge >= 0.3 is 5.97 Å². The largest absolute Gasteiger partial charge is 0.480 e. The van der Waals surface area contributed by atoms with E-state index < -0.39 is 5.97 Å². The van der Waals surface area contributed by atoms with E-state index in [1.54, 1.807) is 6.08 Å². The van der Waals surface area contributed by atoms with Crippen molar-refractivity contribution in [2.24, 2.45) is 4.99 Å². The second kappa shape index (κ2) is 5.70. The van der Waals surface area contributed by atoms with Gasteiger partial charge < -0.3 is 5.11 Å². The summed E-state index contributed by atoms with van der Waals surface area (Å²) in [6, 6.07) is 9.74. The van der Waals surface area contributed by atoms with E-state index >= 15 is 0 Å². The van der Waals surface area contributed by atoms with Crippen LogP contribution >= 0.6 is 0 Å². The van der Waals surface area contributed by atoms with Crippen molar-refractivity contribution >= 4 is 18.3 Å². The third-order valence-corrected chi connectivity index (χ3v) is 1.51. The zero-order valence-corrected chi connectivity index (χ0v) is 7.63. The molecule has 0 saturated carbocycles. The number of hydrogen-bond donors (Lipinski definition) is 1. The van der Waals surface area contributed by atoms with E-state index in [4.69, 9.17) is 5.11 Å². The van der Waals surface area contributed by atoms with Crippen LogP contribution in [0.2, 0.25) is 0 Å². The maximum absolute atomic E-state index is 10.1. The number of rotatable bonds is 4. The molecule has 1 N–H and O–H groups in total. The summed E-state index contributed by atoms with van der Waals surface area (Å²) in [5, 5.41) is 8.29. The first kappa shape index (κ1) is 10.2. The minimum Gasteiger partial charge on any atom is -0.480 e. The number of carboxylic acids is 1. The van der Waals surface area contributed by atoms with E-state index in [2.05, 4.69) is 4.99 Å². The van der Waals surface area contributed by atoms with Crippen molar-refractivity contribution in [1.82, 2.24) is 0 Å². The zero-order valence-electron chi connectivity index (χ0n) is 7.63. The van der Waals surface area contributed by atoms with Gasteiger partial charge in [-0.1, -0.05) is 36.4 Å². The molecule has 0 spiro atoms. The predicted molar refractivity (Wildman–Crippen MR) is 56.5 cm³/mol. The number of carbonyl (C=O) groups is 1. The Hall–Kier alpha value is -1.90. The first-order valence-electron chi connectivity index (χ1n) is 4.22. The van der Waals surface area contributed by atoms with Gasteiger partial charge in [-0.05, 0) is 11.6 Å².